The molecule has 2 aromatic rings. The lowest BCUT2D eigenvalue weighted by Gasteiger charge is -2.14. The van der Waals surface area contributed by atoms with Crippen molar-refractivity contribution in [2.24, 2.45) is 0 Å². The molecule has 0 heterocycles. The van der Waals surface area contributed by atoms with E-state index in [1.54, 1.807) is 18.2 Å². The van der Waals surface area contributed by atoms with Gasteiger partial charge in [0.25, 0.3) is 0 Å². The predicted molar refractivity (Wildman–Crippen MR) is 75.1 cm³/mol. The van der Waals surface area contributed by atoms with Crippen molar-refractivity contribution in [3.63, 3.8) is 0 Å². The van der Waals surface area contributed by atoms with Crippen LogP contribution in [-0.2, 0) is 6.61 Å². The van der Waals surface area contributed by atoms with Gasteiger partial charge in [0, 0.05) is 10.6 Å². The third kappa shape index (κ3) is 3.19. The van der Waals surface area contributed by atoms with Gasteiger partial charge in [-0.15, -0.1) is 0 Å². The first-order valence-electron chi connectivity index (χ1n) is 6.04. The summed E-state index contributed by atoms with van der Waals surface area (Å²) in [7, 11) is 0. The number of halogens is 1. The van der Waals surface area contributed by atoms with Gasteiger partial charge in [0.2, 0.25) is 0 Å². The molecule has 1 N–H and O–H groups in total. The van der Waals surface area contributed by atoms with Crippen molar-refractivity contribution in [3.05, 3.63) is 53.1 Å². The molecule has 0 spiro atoms. The quantitative estimate of drug-likeness (QED) is 0.898. The fourth-order valence-electron chi connectivity index (χ4n) is 1.72. The summed E-state index contributed by atoms with van der Waals surface area (Å²) < 4.78 is 11.3. The second-order valence-corrected chi connectivity index (χ2v) is 4.26. The molecular formula is C15H15ClO3. The fraction of sp³-hybridized carbons (Fsp3) is 0.200. The number of hydrogen-bond donors (Lipinski definition) is 1. The molecule has 0 atom stereocenters. The molecule has 0 amide bonds. The van der Waals surface area contributed by atoms with Crippen LogP contribution < -0.4 is 9.47 Å². The number of para-hydroxylation sites is 2. The maximum Gasteiger partial charge on any atom is 0.169 e. The molecule has 100 valence electrons. The van der Waals surface area contributed by atoms with Crippen molar-refractivity contribution in [1.82, 2.24) is 0 Å². The van der Waals surface area contributed by atoms with Crippen molar-refractivity contribution in [1.29, 1.82) is 0 Å². The van der Waals surface area contributed by atoms with E-state index in [-0.39, 0.29) is 6.61 Å². The first kappa shape index (κ1) is 13.7. The Morgan fingerprint density at radius 2 is 1.68 bits per heavy atom. The van der Waals surface area contributed by atoms with Gasteiger partial charge in [-0.25, -0.2) is 0 Å². The molecule has 0 fully saturated rings. The van der Waals surface area contributed by atoms with Crippen LogP contribution in [0.25, 0.3) is 0 Å². The molecule has 3 nitrogen and oxygen atoms in total. The molecule has 0 unspecified atom stereocenters. The fourth-order valence-corrected chi connectivity index (χ4v) is 1.94. The van der Waals surface area contributed by atoms with Crippen LogP contribution in [0, 0.1) is 0 Å². The molecule has 2 rings (SSSR count). The average Bonchev–Trinajstić information content (AvgIpc) is 2.41. The SMILES string of the molecule is CCOc1ccccc1Oc1cccc(Cl)c1CO. The van der Waals surface area contributed by atoms with Gasteiger partial charge in [-0.1, -0.05) is 29.8 Å². The molecule has 0 bridgehead atoms. The van der Waals surface area contributed by atoms with Gasteiger partial charge in [0.05, 0.1) is 13.2 Å². The average molecular weight is 279 g/mol. The van der Waals surface area contributed by atoms with Crippen LogP contribution in [0.4, 0.5) is 0 Å². The van der Waals surface area contributed by atoms with Crippen LogP contribution in [0.2, 0.25) is 5.02 Å². The van der Waals surface area contributed by atoms with E-state index >= 15 is 0 Å². The van der Waals surface area contributed by atoms with Crippen molar-refractivity contribution in [2.45, 2.75) is 13.5 Å². The number of rotatable bonds is 5. The summed E-state index contributed by atoms with van der Waals surface area (Å²) in [6.07, 6.45) is 0. The smallest absolute Gasteiger partial charge is 0.169 e. The van der Waals surface area contributed by atoms with Crippen molar-refractivity contribution < 1.29 is 14.6 Å². The second-order valence-electron chi connectivity index (χ2n) is 3.86. The van der Waals surface area contributed by atoms with Crippen LogP contribution in [-0.4, -0.2) is 11.7 Å². The molecule has 19 heavy (non-hydrogen) atoms. The van der Waals surface area contributed by atoms with E-state index in [0.717, 1.165) is 0 Å². The molecule has 4 heteroatoms. The highest BCUT2D eigenvalue weighted by atomic mass is 35.5. The summed E-state index contributed by atoms with van der Waals surface area (Å²) in [6.45, 7) is 2.30. The number of ether oxygens (including phenoxy) is 2. The lowest BCUT2D eigenvalue weighted by Crippen LogP contribution is -1.97. The van der Waals surface area contributed by atoms with Gasteiger partial charge in [-0.05, 0) is 31.2 Å². The monoisotopic (exact) mass is 278 g/mol. The highest BCUT2D eigenvalue weighted by Gasteiger charge is 2.10. The van der Waals surface area contributed by atoms with E-state index in [4.69, 9.17) is 21.1 Å². The maximum atomic E-state index is 9.35. The van der Waals surface area contributed by atoms with Crippen molar-refractivity contribution in [3.8, 4) is 17.2 Å². The first-order chi connectivity index (χ1) is 9.26. The van der Waals surface area contributed by atoms with Crippen LogP contribution in [0.1, 0.15) is 12.5 Å². The molecule has 0 aromatic heterocycles. The second kappa shape index (κ2) is 6.45. The zero-order valence-corrected chi connectivity index (χ0v) is 11.4. The van der Waals surface area contributed by atoms with E-state index in [1.807, 2.05) is 31.2 Å². The number of benzene rings is 2. The summed E-state index contributed by atoms with van der Waals surface area (Å²) in [5.74, 6) is 1.79. The normalized spacial score (nSPS) is 10.3. The third-order valence-electron chi connectivity index (χ3n) is 2.60. The lowest BCUT2D eigenvalue weighted by molar-refractivity contribution is 0.275. The van der Waals surface area contributed by atoms with Gasteiger partial charge >= 0.3 is 0 Å². The standard InChI is InChI=1S/C15H15ClO3/c1-2-18-14-7-3-4-8-15(14)19-13-9-5-6-12(16)11(13)10-17/h3-9,17H,2,10H2,1H3. The summed E-state index contributed by atoms with van der Waals surface area (Å²) in [5.41, 5.74) is 0.565. The van der Waals surface area contributed by atoms with Gasteiger partial charge < -0.3 is 14.6 Å². The Hall–Kier alpha value is -1.71. The molecular weight excluding hydrogens is 264 g/mol. The van der Waals surface area contributed by atoms with Gasteiger partial charge in [-0.2, -0.15) is 0 Å². The Balaban J connectivity index is 2.33. The summed E-state index contributed by atoms with van der Waals surface area (Å²) >= 11 is 6.03. The largest absolute Gasteiger partial charge is 0.490 e. The summed E-state index contributed by atoms with van der Waals surface area (Å²) in [5, 5.41) is 9.83. The minimum absolute atomic E-state index is 0.175. The van der Waals surface area contributed by atoms with Crippen LogP contribution in [0.5, 0.6) is 17.2 Å². The zero-order chi connectivity index (χ0) is 13.7. The highest BCUT2D eigenvalue weighted by molar-refractivity contribution is 6.31. The number of aliphatic hydroxyl groups excluding tert-OH is 1. The van der Waals surface area contributed by atoms with E-state index in [9.17, 15) is 5.11 Å². The third-order valence-corrected chi connectivity index (χ3v) is 2.96. The Kier molecular flexibility index (Phi) is 4.66. The minimum Gasteiger partial charge on any atom is -0.490 e. The Labute approximate surface area is 117 Å². The van der Waals surface area contributed by atoms with E-state index in [1.165, 1.54) is 0 Å². The number of aliphatic hydroxyl groups is 1. The van der Waals surface area contributed by atoms with Crippen molar-refractivity contribution >= 4 is 11.6 Å². The minimum atomic E-state index is -0.175. The van der Waals surface area contributed by atoms with E-state index in [2.05, 4.69) is 0 Å². The summed E-state index contributed by atoms with van der Waals surface area (Å²) in [4.78, 5) is 0. The molecule has 0 saturated carbocycles. The van der Waals surface area contributed by atoms with Gasteiger partial charge in [-0.3, -0.25) is 0 Å². The molecule has 0 aliphatic carbocycles. The Morgan fingerprint density at radius 3 is 2.37 bits per heavy atom. The van der Waals surface area contributed by atoms with Gasteiger partial charge in [0.15, 0.2) is 11.5 Å². The van der Waals surface area contributed by atoms with E-state index < -0.39 is 0 Å². The van der Waals surface area contributed by atoms with Crippen molar-refractivity contribution in [2.75, 3.05) is 6.61 Å². The molecule has 0 saturated heterocycles. The number of hydrogen-bond acceptors (Lipinski definition) is 3. The van der Waals surface area contributed by atoms with Crippen LogP contribution in [0.3, 0.4) is 0 Å². The predicted octanol–water partition coefficient (Wildman–Crippen LogP) is 4.02. The maximum absolute atomic E-state index is 9.35. The highest BCUT2D eigenvalue weighted by Crippen LogP contribution is 2.35. The molecule has 0 aliphatic heterocycles. The molecule has 0 radical (unpaired) electrons. The summed E-state index contributed by atoms with van der Waals surface area (Å²) in [6, 6.07) is 12.6. The first-order valence-corrected chi connectivity index (χ1v) is 6.42. The Morgan fingerprint density at radius 1 is 1.00 bits per heavy atom. The topological polar surface area (TPSA) is 38.7 Å². The Bertz CT molecular complexity index is 555. The molecule has 0 aliphatic rings. The van der Waals surface area contributed by atoms with Gasteiger partial charge in [0.1, 0.15) is 5.75 Å². The molecule has 2 aromatic carbocycles. The van der Waals surface area contributed by atoms with Crippen LogP contribution >= 0.6 is 11.6 Å². The van der Waals surface area contributed by atoms with E-state index in [0.29, 0.717) is 34.4 Å². The van der Waals surface area contributed by atoms with Crippen LogP contribution in [0.15, 0.2) is 42.5 Å². The zero-order valence-electron chi connectivity index (χ0n) is 10.6. The lowest BCUT2D eigenvalue weighted by atomic mass is 10.2.